The Kier molecular flexibility index (Phi) is 5.08. The molecule has 3 unspecified atom stereocenters. The zero-order valence-corrected chi connectivity index (χ0v) is 14.9. The number of nitrogens with one attached hydrogen (secondary N) is 1. The lowest BCUT2D eigenvalue weighted by Gasteiger charge is -2.34. The zero-order chi connectivity index (χ0) is 14.8. The number of hydrogen-bond acceptors (Lipinski definition) is 1. The van der Waals surface area contributed by atoms with Gasteiger partial charge in [0, 0.05) is 12.6 Å². The fourth-order valence-corrected chi connectivity index (χ4v) is 4.41. The lowest BCUT2D eigenvalue weighted by molar-refractivity contribution is 0.206. The van der Waals surface area contributed by atoms with E-state index in [0.717, 1.165) is 18.4 Å². The SMILES string of the molecule is CC1CCCC(NCc2ccc([Si](C)(C)C)cc2)C1C. The summed E-state index contributed by atoms with van der Waals surface area (Å²) < 4.78 is 0. The minimum absolute atomic E-state index is 0.704. The van der Waals surface area contributed by atoms with Crippen molar-refractivity contribution in [2.75, 3.05) is 0 Å². The summed E-state index contributed by atoms with van der Waals surface area (Å²) in [6.45, 7) is 13.1. The van der Waals surface area contributed by atoms with E-state index in [1.54, 1.807) is 5.19 Å². The highest BCUT2D eigenvalue weighted by molar-refractivity contribution is 6.88. The van der Waals surface area contributed by atoms with E-state index in [-0.39, 0.29) is 0 Å². The Morgan fingerprint density at radius 1 is 1.05 bits per heavy atom. The molecule has 1 N–H and O–H groups in total. The third-order valence-electron chi connectivity index (χ3n) is 5.10. The van der Waals surface area contributed by atoms with Gasteiger partial charge in [-0.2, -0.15) is 0 Å². The minimum atomic E-state index is -1.15. The van der Waals surface area contributed by atoms with Crippen molar-refractivity contribution in [3.63, 3.8) is 0 Å². The van der Waals surface area contributed by atoms with Gasteiger partial charge in [-0.15, -0.1) is 0 Å². The monoisotopic (exact) mass is 289 g/mol. The van der Waals surface area contributed by atoms with Crippen LogP contribution in [0.15, 0.2) is 24.3 Å². The maximum atomic E-state index is 3.79. The van der Waals surface area contributed by atoms with Crippen molar-refractivity contribution >= 4 is 13.3 Å². The first kappa shape index (κ1) is 15.8. The third kappa shape index (κ3) is 3.95. The van der Waals surface area contributed by atoms with Crippen molar-refractivity contribution in [3.8, 4) is 0 Å². The van der Waals surface area contributed by atoms with E-state index >= 15 is 0 Å². The number of benzene rings is 1. The van der Waals surface area contributed by atoms with Gasteiger partial charge in [0.25, 0.3) is 0 Å². The van der Waals surface area contributed by atoms with Crippen LogP contribution in [0.3, 0.4) is 0 Å². The third-order valence-corrected chi connectivity index (χ3v) is 7.16. The fourth-order valence-electron chi connectivity index (χ4n) is 3.24. The maximum absolute atomic E-state index is 3.79. The first-order valence-electron chi connectivity index (χ1n) is 8.21. The van der Waals surface area contributed by atoms with Crippen molar-refractivity contribution in [1.82, 2.24) is 5.32 Å². The van der Waals surface area contributed by atoms with Gasteiger partial charge in [-0.1, -0.05) is 75.8 Å². The summed E-state index contributed by atoms with van der Waals surface area (Å²) in [6, 6.07) is 10.0. The topological polar surface area (TPSA) is 12.0 Å². The average Bonchev–Trinajstić information content (AvgIpc) is 2.40. The molecule has 0 aromatic heterocycles. The molecule has 1 aliphatic rings. The maximum Gasteiger partial charge on any atom is 0.0775 e. The highest BCUT2D eigenvalue weighted by Crippen LogP contribution is 2.29. The molecule has 1 aromatic rings. The van der Waals surface area contributed by atoms with Crippen molar-refractivity contribution in [1.29, 1.82) is 0 Å². The fraction of sp³-hybridized carbons (Fsp3) is 0.667. The van der Waals surface area contributed by atoms with Crippen LogP contribution >= 0.6 is 0 Å². The van der Waals surface area contributed by atoms with Crippen molar-refractivity contribution < 1.29 is 0 Å². The Hall–Kier alpha value is -0.603. The van der Waals surface area contributed by atoms with Gasteiger partial charge >= 0.3 is 0 Å². The molecule has 20 heavy (non-hydrogen) atoms. The lowest BCUT2D eigenvalue weighted by Crippen LogP contribution is -2.40. The molecular weight excluding hydrogens is 258 g/mol. The second-order valence-corrected chi connectivity index (χ2v) is 12.8. The highest BCUT2D eigenvalue weighted by atomic mass is 28.3. The van der Waals surface area contributed by atoms with Crippen LogP contribution in [0.1, 0.15) is 38.7 Å². The Morgan fingerprint density at radius 3 is 2.30 bits per heavy atom. The molecule has 1 saturated carbocycles. The largest absolute Gasteiger partial charge is 0.310 e. The van der Waals surface area contributed by atoms with Gasteiger partial charge in [-0.3, -0.25) is 0 Å². The van der Waals surface area contributed by atoms with Crippen molar-refractivity contribution in [3.05, 3.63) is 29.8 Å². The average molecular weight is 290 g/mol. The van der Waals surface area contributed by atoms with E-state index in [1.807, 2.05) is 0 Å². The Labute approximate surface area is 126 Å². The molecule has 2 rings (SSSR count). The molecule has 0 heterocycles. The van der Waals surface area contributed by atoms with Crippen LogP contribution in [-0.2, 0) is 6.54 Å². The van der Waals surface area contributed by atoms with Gasteiger partial charge in [0.2, 0.25) is 0 Å². The van der Waals surface area contributed by atoms with Gasteiger partial charge in [0.1, 0.15) is 0 Å². The number of rotatable bonds is 4. The summed E-state index contributed by atoms with van der Waals surface area (Å²) in [5, 5.41) is 5.34. The summed E-state index contributed by atoms with van der Waals surface area (Å²) in [5.41, 5.74) is 1.43. The molecule has 2 heteroatoms. The van der Waals surface area contributed by atoms with Gasteiger partial charge < -0.3 is 5.32 Å². The van der Waals surface area contributed by atoms with Crippen LogP contribution in [0.4, 0.5) is 0 Å². The molecule has 0 saturated heterocycles. The first-order valence-corrected chi connectivity index (χ1v) is 11.7. The van der Waals surface area contributed by atoms with Crippen molar-refractivity contribution in [2.45, 2.75) is 65.3 Å². The summed E-state index contributed by atoms with van der Waals surface area (Å²) >= 11 is 0. The number of hydrogen-bond donors (Lipinski definition) is 1. The Balaban J connectivity index is 1.91. The molecule has 0 aliphatic heterocycles. The van der Waals surface area contributed by atoms with E-state index in [2.05, 4.69) is 63.1 Å². The molecule has 0 bridgehead atoms. The smallest absolute Gasteiger partial charge is 0.0775 e. The Bertz CT molecular complexity index is 418. The molecule has 1 fully saturated rings. The highest BCUT2D eigenvalue weighted by Gasteiger charge is 2.26. The van der Waals surface area contributed by atoms with Gasteiger partial charge in [-0.05, 0) is 23.8 Å². The van der Waals surface area contributed by atoms with Crippen LogP contribution < -0.4 is 10.5 Å². The van der Waals surface area contributed by atoms with Crippen LogP contribution in [0.2, 0.25) is 19.6 Å². The summed E-state index contributed by atoms with van der Waals surface area (Å²) in [5.74, 6) is 1.68. The quantitative estimate of drug-likeness (QED) is 0.821. The van der Waals surface area contributed by atoms with Gasteiger partial charge in [0.15, 0.2) is 0 Å². The predicted molar refractivity (Wildman–Crippen MR) is 92.2 cm³/mol. The molecule has 0 spiro atoms. The second-order valence-electron chi connectivity index (χ2n) is 7.70. The normalized spacial score (nSPS) is 27.6. The van der Waals surface area contributed by atoms with Crippen molar-refractivity contribution in [2.24, 2.45) is 11.8 Å². The van der Waals surface area contributed by atoms with Crippen LogP contribution in [0.25, 0.3) is 0 Å². The minimum Gasteiger partial charge on any atom is -0.310 e. The van der Waals surface area contributed by atoms with E-state index in [4.69, 9.17) is 0 Å². The summed E-state index contributed by atoms with van der Waals surface area (Å²) in [6.07, 6.45) is 4.14. The summed E-state index contributed by atoms with van der Waals surface area (Å²) in [7, 11) is -1.15. The zero-order valence-electron chi connectivity index (χ0n) is 13.9. The van der Waals surface area contributed by atoms with Crippen LogP contribution in [-0.4, -0.2) is 14.1 Å². The molecule has 0 radical (unpaired) electrons. The predicted octanol–water partition coefficient (Wildman–Crippen LogP) is 4.15. The van der Waals surface area contributed by atoms with Gasteiger partial charge in [-0.25, -0.2) is 0 Å². The first-order chi connectivity index (χ1) is 9.38. The molecule has 3 atom stereocenters. The van der Waals surface area contributed by atoms with E-state index in [0.29, 0.717) is 6.04 Å². The molecule has 0 amide bonds. The molecule has 1 nitrogen and oxygen atoms in total. The summed E-state index contributed by atoms with van der Waals surface area (Å²) in [4.78, 5) is 0. The van der Waals surface area contributed by atoms with Crippen LogP contribution in [0, 0.1) is 11.8 Å². The van der Waals surface area contributed by atoms with Crippen LogP contribution in [0.5, 0.6) is 0 Å². The molecule has 1 aliphatic carbocycles. The Morgan fingerprint density at radius 2 is 1.70 bits per heavy atom. The molecule has 112 valence electrons. The van der Waals surface area contributed by atoms with E-state index in [1.165, 1.54) is 24.8 Å². The molecular formula is C18H31NSi. The van der Waals surface area contributed by atoms with E-state index in [9.17, 15) is 0 Å². The van der Waals surface area contributed by atoms with Gasteiger partial charge in [0.05, 0.1) is 8.07 Å². The lowest BCUT2D eigenvalue weighted by atomic mass is 9.78. The van der Waals surface area contributed by atoms with E-state index < -0.39 is 8.07 Å². The molecule has 1 aromatic carbocycles. The second kappa shape index (κ2) is 6.44. The standard InChI is InChI=1S/C18H31NSi/c1-14-7-6-8-18(15(14)2)19-13-16-9-11-17(12-10-16)20(3,4)5/h9-12,14-15,18-19H,6-8,13H2,1-5H3.